The summed E-state index contributed by atoms with van der Waals surface area (Å²) in [5, 5.41) is 12.9. The molecule has 5 heterocycles. The van der Waals surface area contributed by atoms with Gasteiger partial charge in [-0.05, 0) is 25.7 Å². The molecular weight excluding hydrogens is 474 g/mol. The average Bonchev–Trinajstić information content (AvgIpc) is 3.46. The molecule has 0 radical (unpaired) electrons. The first-order chi connectivity index (χ1) is 16.8. The summed E-state index contributed by atoms with van der Waals surface area (Å²) >= 11 is 0. The number of anilines is 1. The number of carbonyl (C=O) groups excluding carboxylic acids is 1. The highest BCUT2D eigenvalue weighted by atomic mass is 32.2. The topological polar surface area (TPSA) is 145 Å². The van der Waals surface area contributed by atoms with E-state index in [2.05, 4.69) is 25.5 Å². The Morgan fingerprint density at radius 3 is 2.71 bits per heavy atom. The number of aryl methyl sites for hydroxylation is 1. The molecule has 0 aliphatic carbocycles. The lowest BCUT2D eigenvalue weighted by Crippen LogP contribution is -2.38. The number of nitrogens with one attached hydrogen (secondary N) is 1. The van der Waals surface area contributed by atoms with Crippen molar-refractivity contribution in [3.05, 3.63) is 18.2 Å². The van der Waals surface area contributed by atoms with Crippen LogP contribution >= 0.6 is 0 Å². The van der Waals surface area contributed by atoms with Crippen molar-refractivity contribution in [2.24, 2.45) is 5.92 Å². The Morgan fingerprint density at radius 1 is 1.20 bits per heavy atom. The van der Waals surface area contributed by atoms with Crippen LogP contribution in [0.2, 0.25) is 0 Å². The minimum Gasteiger partial charge on any atom is -0.466 e. The molecule has 5 rings (SSSR count). The summed E-state index contributed by atoms with van der Waals surface area (Å²) in [6.45, 7) is 4.06. The van der Waals surface area contributed by atoms with Crippen molar-refractivity contribution >= 4 is 32.7 Å². The zero-order valence-corrected chi connectivity index (χ0v) is 20.6. The Balaban J connectivity index is 1.39. The largest absolute Gasteiger partial charge is 0.466 e. The number of nitrogens with zero attached hydrogens (tertiary/aromatic N) is 6. The van der Waals surface area contributed by atoms with Gasteiger partial charge in [-0.3, -0.25) is 4.79 Å². The zero-order chi connectivity index (χ0) is 24.6. The number of hydrogen-bond acceptors (Lipinski definition) is 10. The summed E-state index contributed by atoms with van der Waals surface area (Å²) in [6.07, 6.45) is 7.78. The number of hydrogen-bond donors (Lipinski definition) is 1. The Bertz CT molecular complexity index is 1330. The molecule has 13 heteroatoms. The first-order valence-electron chi connectivity index (χ1n) is 11.9. The maximum absolute atomic E-state index is 11.8. The van der Waals surface area contributed by atoms with E-state index in [-0.39, 0.29) is 24.3 Å². The summed E-state index contributed by atoms with van der Waals surface area (Å²) in [5.41, 5.74) is 2.14. The van der Waals surface area contributed by atoms with Gasteiger partial charge in [0.15, 0.2) is 11.5 Å². The van der Waals surface area contributed by atoms with E-state index in [0.717, 1.165) is 29.6 Å². The molecule has 0 amide bonds. The van der Waals surface area contributed by atoms with Gasteiger partial charge in [0.25, 0.3) is 5.89 Å². The van der Waals surface area contributed by atoms with Crippen LogP contribution in [-0.4, -0.2) is 75.6 Å². The van der Waals surface area contributed by atoms with Gasteiger partial charge in [0.1, 0.15) is 0 Å². The van der Waals surface area contributed by atoms with Crippen LogP contribution in [0, 0.1) is 5.92 Å². The molecule has 1 unspecified atom stereocenters. The van der Waals surface area contributed by atoms with E-state index in [1.54, 1.807) is 12.4 Å². The predicted octanol–water partition coefficient (Wildman–Crippen LogP) is 1.83. The molecule has 3 aromatic rings. The number of sulfonamides is 1. The number of piperidine rings is 1. The van der Waals surface area contributed by atoms with E-state index in [4.69, 9.17) is 9.26 Å². The molecule has 0 saturated carbocycles. The summed E-state index contributed by atoms with van der Waals surface area (Å²) < 4.78 is 37.6. The molecule has 12 nitrogen and oxygen atoms in total. The monoisotopic (exact) mass is 503 g/mol. The highest BCUT2D eigenvalue weighted by Crippen LogP contribution is 2.34. The number of pyridine rings is 1. The molecule has 3 aromatic heterocycles. The number of cyclic esters (lactones) is 1. The van der Waals surface area contributed by atoms with E-state index in [9.17, 15) is 13.2 Å². The van der Waals surface area contributed by atoms with E-state index >= 15 is 0 Å². The van der Waals surface area contributed by atoms with Gasteiger partial charge >= 0.3 is 5.97 Å². The highest BCUT2D eigenvalue weighted by Gasteiger charge is 2.28. The van der Waals surface area contributed by atoms with Crippen LogP contribution in [-0.2, 0) is 32.5 Å². The van der Waals surface area contributed by atoms with Gasteiger partial charge in [0.2, 0.25) is 10.0 Å². The molecule has 0 bridgehead atoms. The zero-order valence-electron chi connectivity index (χ0n) is 19.8. The lowest BCUT2D eigenvalue weighted by Gasteiger charge is -2.29. The molecule has 0 spiro atoms. The minimum atomic E-state index is -3.16. The fraction of sp³-hybridized carbons (Fsp3) is 0.591. The Hall–Kier alpha value is -3.06. The molecule has 35 heavy (non-hydrogen) atoms. The summed E-state index contributed by atoms with van der Waals surface area (Å²) in [6, 6.07) is -0.0898. The SMILES string of the molecule is CCn1ncc2c(NC3CCOC(=O)C3)c(-c3nc(CC4CCN(S(C)(=O)=O)CC4)no3)cnc21. The molecule has 1 N–H and O–H groups in total. The molecule has 2 saturated heterocycles. The standard InChI is InChI=1S/C22H29N7O5S/c1-3-29-21-16(13-24-29)20(25-15-6-9-33-19(30)11-15)17(12-23-21)22-26-18(27-34-22)10-14-4-7-28(8-5-14)35(2,31)32/h12-15H,3-11H2,1-2H3,(H,23,25). The Labute approximate surface area is 203 Å². The predicted molar refractivity (Wildman–Crippen MR) is 127 cm³/mol. The van der Waals surface area contributed by atoms with Crippen molar-refractivity contribution in [2.45, 2.75) is 51.6 Å². The van der Waals surface area contributed by atoms with E-state index in [1.165, 1.54) is 10.6 Å². The summed E-state index contributed by atoms with van der Waals surface area (Å²) in [7, 11) is -3.16. The number of ether oxygens (including phenoxy) is 1. The lowest BCUT2D eigenvalue weighted by molar-refractivity contribution is -0.147. The molecule has 2 aliphatic rings. The second-order valence-electron chi connectivity index (χ2n) is 9.12. The Morgan fingerprint density at radius 2 is 2.00 bits per heavy atom. The number of esters is 1. The van der Waals surface area contributed by atoms with Crippen LogP contribution in [0.4, 0.5) is 5.69 Å². The fourth-order valence-electron chi connectivity index (χ4n) is 4.73. The van der Waals surface area contributed by atoms with Crippen LogP contribution < -0.4 is 5.32 Å². The third-order valence-electron chi connectivity index (χ3n) is 6.67. The van der Waals surface area contributed by atoms with Gasteiger partial charge in [-0.15, -0.1) is 0 Å². The molecule has 1 atom stereocenters. The fourth-order valence-corrected chi connectivity index (χ4v) is 5.60. The number of rotatable bonds is 7. The van der Waals surface area contributed by atoms with Crippen LogP contribution in [0.5, 0.6) is 0 Å². The number of aromatic nitrogens is 5. The molecular formula is C22H29N7O5S. The van der Waals surface area contributed by atoms with E-state index < -0.39 is 10.0 Å². The molecule has 2 fully saturated rings. The van der Waals surface area contributed by atoms with Crippen LogP contribution in [0.15, 0.2) is 16.9 Å². The summed E-state index contributed by atoms with van der Waals surface area (Å²) in [5.74, 6) is 0.974. The second kappa shape index (κ2) is 9.53. The van der Waals surface area contributed by atoms with Crippen LogP contribution in [0.3, 0.4) is 0 Å². The normalized spacial score (nSPS) is 20.3. The maximum Gasteiger partial charge on any atom is 0.307 e. The van der Waals surface area contributed by atoms with Gasteiger partial charge in [-0.2, -0.15) is 10.1 Å². The van der Waals surface area contributed by atoms with E-state index in [1.807, 2.05) is 11.6 Å². The van der Waals surface area contributed by atoms with E-state index in [0.29, 0.717) is 56.4 Å². The maximum atomic E-state index is 11.8. The first kappa shape index (κ1) is 23.7. The van der Waals surface area contributed by atoms with Gasteiger partial charge in [-0.1, -0.05) is 5.16 Å². The quantitative estimate of drug-likeness (QED) is 0.474. The van der Waals surface area contributed by atoms with Crippen molar-refractivity contribution in [3.8, 4) is 11.5 Å². The summed E-state index contributed by atoms with van der Waals surface area (Å²) in [4.78, 5) is 21.1. The molecule has 188 valence electrons. The van der Waals surface area contributed by atoms with Crippen molar-refractivity contribution in [2.75, 3.05) is 31.3 Å². The van der Waals surface area contributed by atoms with Crippen molar-refractivity contribution in [1.29, 1.82) is 0 Å². The van der Waals surface area contributed by atoms with Crippen LogP contribution in [0.1, 0.15) is 38.4 Å². The third kappa shape index (κ3) is 5.01. The molecule has 2 aliphatic heterocycles. The van der Waals surface area contributed by atoms with Gasteiger partial charge in [0.05, 0.1) is 42.1 Å². The van der Waals surface area contributed by atoms with Gasteiger partial charge in [-0.25, -0.2) is 22.4 Å². The van der Waals surface area contributed by atoms with Gasteiger partial charge < -0.3 is 14.6 Å². The Kier molecular flexibility index (Phi) is 6.45. The smallest absolute Gasteiger partial charge is 0.307 e. The van der Waals surface area contributed by atoms with Crippen molar-refractivity contribution < 1.29 is 22.5 Å². The third-order valence-corrected chi connectivity index (χ3v) is 7.97. The van der Waals surface area contributed by atoms with Crippen molar-refractivity contribution in [1.82, 2.24) is 29.2 Å². The number of carbonyl (C=O) groups is 1. The van der Waals surface area contributed by atoms with Crippen molar-refractivity contribution in [3.63, 3.8) is 0 Å². The second-order valence-corrected chi connectivity index (χ2v) is 11.1. The van der Waals surface area contributed by atoms with Crippen LogP contribution in [0.25, 0.3) is 22.5 Å². The average molecular weight is 504 g/mol. The molecule has 0 aromatic carbocycles. The van der Waals surface area contributed by atoms with Gasteiger partial charge in [0, 0.05) is 44.7 Å². The number of fused-ring (bicyclic) bond motifs is 1. The highest BCUT2D eigenvalue weighted by molar-refractivity contribution is 7.88. The lowest BCUT2D eigenvalue weighted by atomic mass is 9.94. The first-order valence-corrected chi connectivity index (χ1v) is 13.7. The minimum absolute atomic E-state index is 0.0898.